The van der Waals surface area contributed by atoms with Crippen molar-refractivity contribution >= 4 is 5.91 Å². The Balaban J connectivity index is 1.99. The summed E-state index contributed by atoms with van der Waals surface area (Å²) in [4.78, 5) is 13.9. The molecule has 17 heavy (non-hydrogen) atoms. The van der Waals surface area contributed by atoms with Crippen LogP contribution in [0.1, 0.15) is 0 Å². The Kier molecular flexibility index (Phi) is 2.20. The molecule has 0 saturated carbocycles. The SMILES string of the molecule is C=C1C=CN2N[C@@H]3COCCN3C(=O)C2=C1O. The van der Waals surface area contributed by atoms with E-state index < -0.39 is 0 Å². The minimum absolute atomic E-state index is 0.0741. The number of ether oxygens (including phenoxy) is 1. The van der Waals surface area contributed by atoms with E-state index in [1.165, 1.54) is 5.01 Å². The second kappa shape index (κ2) is 3.61. The first kappa shape index (κ1) is 10.4. The van der Waals surface area contributed by atoms with E-state index in [-0.39, 0.29) is 23.5 Å². The van der Waals surface area contributed by atoms with Gasteiger partial charge in [-0.05, 0) is 6.08 Å². The standard InChI is InChI=1S/C11H13N3O3/c1-7-2-3-14-9(10(7)15)11(16)13-4-5-17-6-8(13)12-14/h2-3,8,12,15H,1,4-6H2/t8-/m0/s1. The molecule has 1 atom stereocenters. The quantitative estimate of drug-likeness (QED) is 0.611. The Hall–Kier alpha value is -1.79. The summed E-state index contributed by atoms with van der Waals surface area (Å²) in [5, 5.41) is 11.4. The van der Waals surface area contributed by atoms with Gasteiger partial charge in [-0.15, -0.1) is 0 Å². The zero-order valence-electron chi connectivity index (χ0n) is 9.22. The summed E-state index contributed by atoms with van der Waals surface area (Å²) in [6.07, 6.45) is 3.16. The molecule has 6 heteroatoms. The number of morpholine rings is 1. The van der Waals surface area contributed by atoms with Crippen molar-refractivity contribution in [2.24, 2.45) is 0 Å². The van der Waals surface area contributed by atoms with Crippen molar-refractivity contribution < 1.29 is 14.6 Å². The van der Waals surface area contributed by atoms with E-state index in [1.54, 1.807) is 17.2 Å². The average Bonchev–Trinajstić information content (AvgIpc) is 2.34. The predicted octanol–water partition coefficient (Wildman–Crippen LogP) is -0.155. The molecular weight excluding hydrogens is 222 g/mol. The molecule has 0 radical (unpaired) electrons. The van der Waals surface area contributed by atoms with Gasteiger partial charge in [0.2, 0.25) is 0 Å². The second-order valence-corrected chi connectivity index (χ2v) is 4.13. The lowest BCUT2D eigenvalue weighted by molar-refractivity contribution is -0.148. The van der Waals surface area contributed by atoms with Crippen LogP contribution in [0, 0.1) is 0 Å². The summed E-state index contributed by atoms with van der Waals surface area (Å²) in [5.74, 6) is -0.269. The largest absolute Gasteiger partial charge is 0.505 e. The van der Waals surface area contributed by atoms with Gasteiger partial charge < -0.3 is 14.7 Å². The monoisotopic (exact) mass is 235 g/mol. The Morgan fingerprint density at radius 2 is 2.41 bits per heavy atom. The first-order chi connectivity index (χ1) is 8.18. The van der Waals surface area contributed by atoms with Crippen LogP contribution in [0.5, 0.6) is 0 Å². The van der Waals surface area contributed by atoms with Crippen LogP contribution >= 0.6 is 0 Å². The smallest absolute Gasteiger partial charge is 0.277 e. The van der Waals surface area contributed by atoms with Gasteiger partial charge in [-0.1, -0.05) is 6.58 Å². The van der Waals surface area contributed by atoms with Crippen LogP contribution in [0.3, 0.4) is 0 Å². The van der Waals surface area contributed by atoms with Crippen molar-refractivity contribution in [3.63, 3.8) is 0 Å². The first-order valence-electron chi connectivity index (χ1n) is 5.43. The molecule has 0 bridgehead atoms. The predicted molar refractivity (Wildman–Crippen MR) is 59.2 cm³/mol. The van der Waals surface area contributed by atoms with Gasteiger partial charge in [0.05, 0.1) is 13.2 Å². The third-order valence-corrected chi connectivity index (χ3v) is 3.07. The van der Waals surface area contributed by atoms with Crippen LogP contribution in [0.2, 0.25) is 0 Å². The van der Waals surface area contributed by atoms with Crippen LogP contribution in [0.25, 0.3) is 0 Å². The molecule has 0 aromatic heterocycles. The van der Waals surface area contributed by atoms with Gasteiger partial charge in [0.1, 0.15) is 6.17 Å². The number of hydrogen-bond donors (Lipinski definition) is 2. The lowest BCUT2D eigenvalue weighted by Gasteiger charge is -2.45. The minimum atomic E-state index is -0.194. The van der Waals surface area contributed by atoms with E-state index in [4.69, 9.17) is 4.74 Å². The topological polar surface area (TPSA) is 65.0 Å². The lowest BCUT2D eigenvalue weighted by Crippen LogP contribution is -2.65. The number of amides is 1. The Bertz CT molecular complexity index is 455. The van der Waals surface area contributed by atoms with E-state index >= 15 is 0 Å². The number of hydrogen-bond acceptors (Lipinski definition) is 5. The number of nitrogens with one attached hydrogen (secondary N) is 1. The Morgan fingerprint density at radius 1 is 1.59 bits per heavy atom. The second-order valence-electron chi connectivity index (χ2n) is 4.13. The number of fused-ring (bicyclic) bond motifs is 2. The first-order valence-corrected chi connectivity index (χ1v) is 5.43. The van der Waals surface area contributed by atoms with Crippen LogP contribution in [-0.2, 0) is 9.53 Å². The molecule has 3 aliphatic heterocycles. The molecule has 3 rings (SSSR count). The fraction of sp³-hybridized carbons (Fsp3) is 0.364. The number of aliphatic hydroxyl groups is 1. The van der Waals surface area contributed by atoms with Crippen molar-refractivity contribution in [2.75, 3.05) is 19.8 Å². The molecule has 2 N–H and O–H groups in total. The van der Waals surface area contributed by atoms with Crippen LogP contribution in [0.15, 0.2) is 35.9 Å². The molecule has 0 aromatic rings. The maximum absolute atomic E-state index is 12.2. The van der Waals surface area contributed by atoms with Crippen LogP contribution in [0.4, 0.5) is 0 Å². The maximum Gasteiger partial charge on any atom is 0.277 e. The number of aliphatic hydroxyl groups excluding tert-OH is 1. The minimum Gasteiger partial charge on any atom is -0.505 e. The van der Waals surface area contributed by atoms with Crippen molar-refractivity contribution in [1.82, 2.24) is 15.3 Å². The molecule has 3 heterocycles. The number of carbonyl (C=O) groups is 1. The maximum atomic E-state index is 12.2. The van der Waals surface area contributed by atoms with Crippen molar-refractivity contribution in [2.45, 2.75) is 6.17 Å². The lowest BCUT2D eigenvalue weighted by atomic mass is 10.1. The van der Waals surface area contributed by atoms with E-state index in [2.05, 4.69) is 12.0 Å². The highest BCUT2D eigenvalue weighted by atomic mass is 16.5. The molecule has 90 valence electrons. The van der Waals surface area contributed by atoms with Crippen LogP contribution in [-0.4, -0.2) is 46.8 Å². The molecule has 2 fully saturated rings. The fourth-order valence-electron chi connectivity index (χ4n) is 2.15. The summed E-state index contributed by atoms with van der Waals surface area (Å²) >= 11 is 0. The molecule has 0 unspecified atom stereocenters. The third-order valence-electron chi connectivity index (χ3n) is 3.07. The zero-order chi connectivity index (χ0) is 12.0. The van der Waals surface area contributed by atoms with Gasteiger partial charge in [-0.2, -0.15) is 0 Å². The zero-order valence-corrected chi connectivity index (χ0v) is 9.22. The fourth-order valence-corrected chi connectivity index (χ4v) is 2.15. The van der Waals surface area contributed by atoms with E-state index in [9.17, 15) is 9.90 Å². The normalized spacial score (nSPS) is 28.4. The van der Waals surface area contributed by atoms with Crippen LogP contribution < -0.4 is 5.43 Å². The Morgan fingerprint density at radius 3 is 3.24 bits per heavy atom. The molecule has 6 nitrogen and oxygen atoms in total. The summed E-state index contributed by atoms with van der Waals surface area (Å²) in [5.41, 5.74) is 3.78. The van der Waals surface area contributed by atoms with Crippen molar-refractivity contribution in [1.29, 1.82) is 0 Å². The van der Waals surface area contributed by atoms with Gasteiger partial charge >= 0.3 is 0 Å². The molecule has 2 saturated heterocycles. The van der Waals surface area contributed by atoms with Gasteiger partial charge in [-0.3, -0.25) is 9.80 Å². The van der Waals surface area contributed by atoms with Crippen molar-refractivity contribution in [3.05, 3.63) is 35.9 Å². The summed E-state index contributed by atoms with van der Waals surface area (Å²) in [6.45, 7) is 5.18. The van der Waals surface area contributed by atoms with Crippen molar-refractivity contribution in [3.8, 4) is 0 Å². The summed E-state index contributed by atoms with van der Waals surface area (Å²) in [7, 11) is 0. The highest BCUT2D eigenvalue weighted by Crippen LogP contribution is 2.27. The number of rotatable bonds is 0. The molecular formula is C11H13N3O3. The highest BCUT2D eigenvalue weighted by Gasteiger charge is 2.40. The molecule has 0 spiro atoms. The molecule has 1 amide bonds. The number of allylic oxidation sites excluding steroid dienone is 1. The summed E-state index contributed by atoms with van der Waals surface area (Å²) < 4.78 is 5.31. The number of carbonyl (C=O) groups excluding carboxylic acids is 1. The molecule has 0 aromatic carbocycles. The summed E-state index contributed by atoms with van der Waals surface area (Å²) in [6, 6.07) is 0. The number of nitrogens with zero attached hydrogens (tertiary/aromatic N) is 2. The van der Waals surface area contributed by atoms with Gasteiger partial charge in [-0.25, -0.2) is 5.43 Å². The third kappa shape index (κ3) is 1.45. The van der Waals surface area contributed by atoms with Gasteiger partial charge in [0, 0.05) is 18.3 Å². The highest BCUT2D eigenvalue weighted by molar-refractivity contribution is 5.95. The molecule has 3 aliphatic rings. The van der Waals surface area contributed by atoms with Gasteiger partial charge in [0.25, 0.3) is 5.91 Å². The average molecular weight is 235 g/mol. The van der Waals surface area contributed by atoms with E-state index in [0.29, 0.717) is 25.3 Å². The number of hydrazine groups is 1. The van der Waals surface area contributed by atoms with Gasteiger partial charge in [0.15, 0.2) is 11.5 Å². The molecule has 0 aliphatic carbocycles. The van der Waals surface area contributed by atoms with E-state index in [0.717, 1.165) is 0 Å². The Labute approximate surface area is 98.4 Å². The van der Waals surface area contributed by atoms with E-state index in [1.807, 2.05) is 0 Å².